The average Bonchev–Trinajstić information content (AvgIpc) is 3.35. The lowest BCUT2D eigenvalue weighted by molar-refractivity contribution is 0.0501. The monoisotopic (exact) mass is 338 g/mol. The van der Waals surface area contributed by atoms with Gasteiger partial charge in [0.25, 0.3) is 0 Å². The summed E-state index contributed by atoms with van der Waals surface area (Å²) in [7, 11) is 1.65. The Morgan fingerprint density at radius 3 is 2.58 bits per heavy atom. The maximum Gasteiger partial charge on any atom is 0.315 e. The van der Waals surface area contributed by atoms with E-state index in [0.29, 0.717) is 37.5 Å². The molecular weight excluding hydrogens is 312 g/mol. The van der Waals surface area contributed by atoms with Gasteiger partial charge in [-0.3, -0.25) is 0 Å². The molecule has 1 saturated heterocycles. The Hall–Kier alpha value is -1.67. The molecule has 8 nitrogen and oxygen atoms in total. The number of rotatable bonds is 7. The Kier molecular flexibility index (Phi) is 5.68. The van der Waals surface area contributed by atoms with E-state index in [1.807, 2.05) is 0 Å². The lowest BCUT2D eigenvalue weighted by Gasteiger charge is -2.29. The molecule has 1 aromatic heterocycles. The van der Waals surface area contributed by atoms with E-state index in [2.05, 4.69) is 20.8 Å². The van der Waals surface area contributed by atoms with E-state index in [0.717, 1.165) is 25.7 Å². The molecule has 1 aliphatic heterocycles. The number of carbonyl (C=O) groups excluding carboxylic acids is 1. The van der Waals surface area contributed by atoms with Crippen LogP contribution in [0, 0.1) is 18.8 Å². The third kappa shape index (κ3) is 4.45. The standard InChI is InChI=1S/C16H26N4O4/c1-10-17-15(24-20-10)14(12-5-7-23-8-6-12)19-16(21)18-13(9-22-2)11-3-4-11/h11-14H,3-9H2,1-2H3,(H2,18,19,21)/t13-,14-/m0/s1. The van der Waals surface area contributed by atoms with Crippen LogP contribution in [-0.4, -0.2) is 49.1 Å². The molecule has 3 rings (SSSR count). The summed E-state index contributed by atoms with van der Waals surface area (Å²) in [5, 5.41) is 9.92. The minimum atomic E-state index is -0.294. The molecule has 2 aliphatic rings. The zero-order valence-corrected chi connectivity index (χ0v) is 14.3. The Bertz CT molecular complexity index is 540. The van der Waals surface area contributed by atoms with Gasteiger partial charge in [-0.15, -0.1) is 0 Å². The number of ether oxygens (including phenoxy) is 2. The lowest BCUT2D eigenvalue weighted by atomic mass is 9.91. The highest BCUT2D eigenvalue weighted by molar-refractivity contribution is 5.74. The van der Waals surface area contributed by atoms with Crippen molar-refractivity contribution >= 4 is 6.03 Å². The highest BCUT2D eigenvalue weighted by Crippen LogP contribution is 2.33. The molecule has 0 spiro atoms. The quantitative estimate of drug-likeness (QED) is 0.783. The molecule has 8 heteroatoms. The van der Waals surface area contributed by atoms with Gasteiger partial charge in [-0.25, -0.2) is 4.79 Å². The number of nitrogens with one attached hydrogen (secondary N) is 2. The van der Waals surface area contributed by atoms with E-state index in [9.17, 15) is 4.79 Å². The highest BCUT2D eigenvalue weighted by Gasteiger charge is 2.35. The first-order valence-corrected chi connectivity index (χ1v) is 8.61. The third-order valence-electron chi connectivity index (χ3n) is 4.69. The first kappa shape index (κ1) is 17.2. The molecule has 1 aromatic rings. The second-order valence-electron chi connectivity index (χ2n) is 6.62. The summed E-state index contributed by atoms with van der Waals surface area (Å²) in [6, 6.07) is -0.455. The van der Waals surface area contributed by atoms with Gasteiger partial charge in [-0.2, -0.15) is 4.98 Å². The van der Waals surface area contributed by atoms with Crippen molar-refractivity contribution in [3.05, 3.63) is 11.7 Å². The molecule has 0 aromatic carbocycles. The number of hydrogen-bond donors (Lipinski definition) is 2. The van der Waals surface area contributed by atoms with Crippen LogP contribution in [0.1, 0.15) is 43.4 Å². The van der Waals surface area contributed by atoms with Gasteiger partial charge in [0.05, 0.1) is 12.6 Å². The minimum Gasteiger partial charge on any atom is -0.383 e. The third-order valence-corrected chi connectivity index (χ3v) is 4.69. The van der Waals surface area contributed by atoms with Gasteiger partial charge >= 0.3 is 6.03 Å². The zero-order valence-electron chi connectivity index (χ0n) is 14.3. The summed E-state index contributed by atoms with van der Waals surface area (Å²) in [6.07, 6.45) is 3.99. The van der Waals surface area contributed by atoms with Crippen molar-refractivity contribution in [2.24, 2.45) is 11.8 Å². The van der Waals surface area contributed by atoms with Crippen LogP contribution >= 0.6 is 0 Å². The topological polar surface area (TPSA) is 98.5 Å². The van der Waals surface area contributed by atoms with Crippen LogP contribution in [0.2, 0.25) is 0 Å². The van der Waals surface area contributed by atoms with Gasteiger partial charge in [0.2, 0.25) is 5.89 Å². The number of urea groups is 1. The second-order valence-corrected chi connectivity index (χ2v) is 6.62. The van der Waals surface area contributed by atoms with Crippen LogP contribution in [0.15, 0.2) is 4.52 Å². The van der Waals surface area contributed by atoms with E-state index >= 15 is 0 Å². The fraction of sp³-hybridized carbons (Fsp3) is 0.812. The fourth-order valence-electron chi connectivity index (χ4n) is 3.19. The largest absolute Gasteiger partial charge is 0.383 e. The maximum absolute atomic E-state index is 12.5. The first-order valence-electron chi connectivity index (χ1n) is 8.61. The highest BCUT2D eigenvalue weighted by atomic mass is 16.5. The molecule has 0 radical (unpaired) electrons. The SMILES string of the molecule is COC[C@H](NC(=O)N[C@H](c1nc(C)no1)C1CCOCC1)C1CC1. The molecular formula is C16H26N4O4. The van der Waals surface area contributed by atoms with Gasteiger partial charge < -0.3 is 24.6 Å². The molecule has 2 atom stereocenters. The molecule has 0 unspecified atom stereocenters. The number of carbonyl (C=O) groups is 1. The number of methoxy groups -OCH3 is 1. The molecule has 0 bridgehead atoms. The van der Waals surface area contributed by atoms with Crippen LogP contribution in [0.4, 0.5) is 4.79 Å². The number of aryl methyl sites for hydroxylation is 1. The van der Waals surface area contributed by atoms with Crippen molar-refractivity contribution in [3.63, 3.8) is 0 Å². The Labute approximate surface area is 141 Å². The lowest BCUT2D eigenvalue weighted by Crippen LogP contribution is -2.48. The summed E-state index contributed by atoms with van der Waals surface area (Å²) >= 11 is 0. The molecule has 2 heterocycles. The smallest absolute Gasteiger partial charge is 0.315 e. The van der Waals surface area contributed by atoms with Gasteiger partial charge in [-0.1, -0.05) is 5.16 Å². The first-order chi connectivity index (χ1) is 11.7. The number of aromatic nitrogens is 2. The molecule has 1 saturated carbocycles. The van der Waals surface area contributed by atoms with Crippen LogP contribution in [0.5, 0.6) is 0 Å². The molecule has 2 amide bonds. The summed E-state index contributed by atoms with van der Waals surface area (Å²) in [6.45, 7) is 3.67. The van der Waals surface area contributed by atoms with Crippen molar-refractivity contribution in [3.8, 4) is 0 Å². The van der Waals surface area contributed by atoms with Crippen molar-refractivity contribution in [1.82, 2.24) is 20.8 Å². The van der Waals surface area contributed by atoms with Crippen LogP contribution in [0.3, 0.4) is 0 Å². The maximum atomic E-state index is 12.5. The van der Waals surface area contributed by atoms with Crippen molar-refractivity contribution < 1.29 is 18.8 Å². The molecule has 2 N–H and O–H groups in total. The van der Waals surface area contributed by atoms with Crippen LogP contribution in [0.25, 0.3) is 0 Å². The van der Waals surface area contributed by atoms with E-state index in [4.69, 9.17) is 14.0 Å². The Morgan fingerprint density at radius 2 is 2.00 bits per heavy atom. The van der Waals surface area contributed by atoms with E-state index < -0.39 is 0 Å². The summed E-state index contributed by atoms with van der Waals surface area (Å²) < 4.78 is 16.0. The van der Waals surface area contributed by atoms with Crippen molar-refractivity contribution in [2.45, 2.75) is 44.7 Å². The van der Waals surface area contributed by atoms with E-state index in [1.165, 1.54) is 0 Å². The Morgan fingerprint density at radius 1 is 1.25 bits per heavy atom. The number of amides is 2. The molecule has 2 fully saturated rings. The molecule has 1 aliphatic carbocycles. The van der Waals surface area contributed by atoms with Gasteiger partial charge in [0.15, 0.2) is 5.82 Å². The van der Waals surface area contributed by atoms with E-state index in [1.54, 1.807) is 14.0 Å². The van der Waals surface area contributed by atoms with Crippen LogP contribution in [-0.2, 0) is 9.47 Å². The summed E-state index contributed by atoms with van der Waals surface area (Å²) in [4.78, 5) is 16.8. The zero-order chi connectivity index (χ0) is 16.9. The second kappa shape index (κ2) is 7.94. The predicted molar refractivity (Wildman–Crippen MR) is 85.4 cm³/mol. The molecule has 134 valence electrons. The molecule has 24 heavy (non-hydrogen) atoms. The average molecular weight is 338 g/mol. The normalized spacial score (nSPS) is 21.2. The van der Waals surface area contributed by atoms with Gasteiger partial charge in [0, 0.05) is 20.3 Å². The summed E-state index contributed by atoms with van der Waals surface area (Å²) in [5.41, 5.74) is 0. The van der Waals surface area contributed by atoms with Gasteiger partial charge in [-0.05, 0) is 44.4 Å². The van der Waals surface area contributed by atoms with Gasteiger partial charge in [0.1, 0.15) is 6.04 Å². The van der Waals surface area contributed by atoms with Crippen molar-refractivity contribution in [1.29, 1.82) is 0 Å². The number of hydrogen-bond acceptors (Lipinski definition) is 6. The Balaban J connectivity index is 1.65. The fourth-order valence-corrected chi connectivity index (χ4v) is 3.19. The summed E-state index contributed by atoms with van der Waals surface area (Å²) in [5.74, 6) is 1.78. The van der Waals surface area contributed by atoms with E-state index in [-0.39, 0.29) is 24.0 Å². The van der Waals surface area contributed by atoms with Crippen LogP contribution < -0.4 is 10.6 Å². The predicted octanol–water partition coefficient (Wildman–Crippen LogP) is 1.57. The minimum absolute atomic E-state index is 0.0507. The van der Waals surface area contributed by atoms with Crippen molar-refractivity contribution in [2.75, 3.05) is 26.9 Å². The number of nitrogens with zero attached hydrogens (tertiary/aromatic N) is 2.